The van der Waals surface area contributed by atoms with Crippen LogP contribution < -0.4 is 15.4 Å². The summed E-state index contributed by atoms with van der Waals surface area (Å²) in [4.78, 5) is 9.06. The summed E-state index contributed by atoms with van der Waals surface area (Å²) < 4.78 is 5.72. The van der Waals surface area contributed by atoms with Crippen molar-refractivity contribution in [1.82, 2.24) is 15.6 Å². The van der Waals surface area contributed by atoms with Crippen molar-refractivity contribution in [3.05, 3.63) is 23.9 Å². The van der Waals surface area contributed by atoms with Crippen molar-refractivity contribution in [2.24, 2.45) is 4.99 Å². The van der Waals surface area contributed by atoms with Crippen molar-refractivity contribution in [3.8, 4) is 5.88 Å². The van der Waals surface area contributed by atoms with Gasteiger partial charge in [-0.15, -0.1) is 0 Å². The van der Waals surface area contributed by atoms with Gasteiger partial charge in [0.25, 0.3) is 0 Å². The molecule has 1 aromatic heterocycles. The summed E-state index contributed by atoms with van der Waals surface area (Å²) in [7, 11) is 0. The van der Waals surface area contributed by atoms with Gasteiger partial charge < -0.3 is 15.4 Å². The fraction of sp³-hybridized carbons (Fsp3) is 0.667. The average molecular weight is 351 g/mol. The van der Waals surface area contributed by atoms with Crippen molar-refractivity contribution in [2.75, 3.05) is 19.4 Å². The largest absolute Gasteiger partial charge is 0.477 e. The second-order valence-corrected chi connectivity index (χ2v) is 7.16. The van der Waals surface area contributed by atoms with Gasteiger partial charge in [0.15, 0.2) is 5.96 Å². The van der Waals surface area contributed by atoms with Crippen LogP contribution in [0.5, 0.6) is 5.88 Å². The van der Waals surface area contributed by atoms with Crippen LogP contribution in [0.2, 0.25) is 0 Å². The number of hydrogen-bond donors (Lipinski definition) is 2. The van der Waals surface area contributed by atoms with Crippen LogP contribution >= 0.6 is 11.8 Å². The number of hydrogen-bond acceptors (Lipinski definition) is 4. The minimum Gasteiger partial charge on any atom is -0.477 e. The van der Waals surface area contributed by atoms with Crippen molar-refractivity contribution in [1.29, 1.82) is 0 Å². The molecule has 24 heavy (non-hydrogen) atoms. The average Bonchev–Trinajstić information content (AvgIpc) is 3.06. The molecule has 1 fully saturated rings. The number of rotatable bonds is 8. The molecule has 2 atom stereocenters. The first-order valence-corrected chi connectivity index (χ1v) is 10.2. The second-order valence-electron chi connectivity index (χ2n) is 6.02. The van der Waals surface area contributed by atoms with Gasteiger partial charge in [0, 0.05) is 29.6 Å². The SMILES string of the molecule is CCCOc1ncccc1CN=C(NCC)NC1CCC(SC)C1. The number of ether oxygens (including phenoxy) is 1. The smallest absolute Gasteiger partial charge is 0.218 e. The first-order chi connectivity index (χ1) is 11.8. The van der Waals surface area contributed by atoms with Crippen LogP contribution in [-0.2, 0) is 6.54 Å². The molecule has 134 valence electrons. The molecule has 0 aromatic carbocycles. The van der Waals surface area contributed by atoms with E-state index in [1.807, 2.05) is 23.9 Å². The molecule has 2 rings (SSSR count). The fourth-order valence-electron chi connectivity index (χ4n) is 2.84. The molecule has 0 amide bonds. The molecule has 0 aliphatic heterocycles. The molecule has 1 heterocycles. The molecule has 1 saturated carbocycles. The van der Waals surface area contributed by atoms with E-state index >= 15 is 0 Å². The maximum Gasteiger partial charge on any atom is 0.218 e. The molecule has 2 unspecified atom stereocenters. The Hall–Kier alpha value is -1.43. The molecular weight excluding hydrogens is 320 g/mol. The Labute approximate surface area is 150 Å². The number of aromatic nitrogens is 1. The molecule has 5 nitrogen and oxygen atoms in total. The third kappa shape index (κ3) is 5.89. The summed E-state index contributed by atoms with van der Waals surface area (Å²) in [5, 5.41) is 7.70. The zero-order chi connectivity index (χ0) is 17.2. The van der Waals surface area contributed by atoms with Gasteiger partial charge in [-0.3, -0.25) is 0 Å². The Morgan fingerprint density at radius 1 is 1.42 bits per heavy atom. The maximum atomic E-state index is 5.72. The van der Waals surface area contributed by atoms with Gasteiger partial charge >= 0.3 is 0 Å². The van der Waals surface area contributed by atoms with Crippen LogP contribution in [0.4, 0.5) is 0 Å². The van der Waals surface area contributed by atoms with Crippen molar-refractivity contribution < 1.29 is 4.74 Å². The Morgan fingerprint density at radius 3 is 3.00 bits per heavy atom. The topological polar surface area (TPSA) is 58.5 Å². The summed E-state index contributed by atoms with van der Waals surface area (Å²) >= 11 is 1.97. The molecule has 0 radical (unpaired) electrons. The fourth-order valence-corrected chi connectivity index (χ4v) is 3.63. The van der Waals surface area contributed by atoms with Gasteiger partial charge in [0.1, 0.15) is 0 Å². The lowest BCUT2D eigenvalue weighted by molar-refractivity contribution is 0.302. The quantitative estimate of drug-likeness (QED) is 0.557. The third-order valence-electron chi connectivity index (χ3n) is 4.10. The van der Waals surface area contributed by atoms with Crippen LogP contribution in [0.3, 0.4) is 0 Å². The summed E-state index contributed by atoms with van der Waals surface area (Å²) in [6.07, 6.45) is 8.66. The van der Waals surface area contributed by atoms with Crippen molar-refractivity contribution in [3.63, 3.8) is 0 Å². The van der Waals surface area contributed by atoms with E-state index < -0.39 is 0 Å². The van der Waals surface area contributed by atoms with E-state index in [0.29, 0.717) is 25.1 Å². The van der Waals surface area contributed by atoms with E-state index in [0.717, 1.165) is 29.7 Å². The highest BCUT2D eigenvalue weighted by Crippen LogP contribution is 2.28. The highest BCUT2D eigenvalue weighted by atomic mass is 32.2. The van der Waals surface area contributed by atoms with Crippen molar-refractivity contribution >= 4 is 17.7 Å². The standard InChI is InChI=1S/C18H30N4OS/c1-4-11-23-17-14(7-6-10-20-17)13-21-18(19-5-2)22-15-8-9-16(12-15)24-3/h6-7,10,15-16H,4-5,8-9,11-13H2,1-3H3,(H2,19,21,22). The summed E-state index contributed by atoms with van der Waals surface area (Å²) in [5.41, 5.74) is 1.02. The number of aliphatic imine (C=N–C) groups is 1. The first kappa shape index (κ1) is 18.9. The van der Waals surface area contributed by atoms with E-state index in [-0.39, 0.29) is 0 Å². The zero-order valence-corrected chi connectivity index (χ0v) is 15.9. The normalized spacial score (nSPS) is 20.9. The summed E-state index contributed by atoms with van der Waals surface area (Å²) in [5.74, 6) is 1.58. The van der Waals surface area contributed by atoms with Gasteiger partial charge in [-0.25, -0.2) is 9.98 Å². The molecule has 0 spiro atoms. The Balaban J connectivity index is 1.98. The number of guanidine groups is 1. The van der Waals surface area contributed by atoms with E-state index in [1.54, 1.807) is 6.20 Å². The molecule has 0 bridgehead atoms. The Morgan fingerprint density at radius 2 is 2.29 bits per heavy atom. The van der Waals surface area contributed by atoms with Crippen LogP contribution in [0.25, 0.3) is 0 Å². The zero-order valence-electron chi connectivity index (χ0n) is 15.0. The summed E-state index contributed by atoms with van der Waals surface area (Å²) in [6, 6.07) is 4.49. The van der Waals surface area contributed by atoms with Gasteiger partial charge in [0.2, 0.25) is 5.88 Å². The molecular formula is C18H30N4OS. The predicted molar refractivity (Wildman–Crippen MR) is 103 cm³/mol. The highest BCUT2D eigenvalue weighted by Gasteiger charge is 2.24. The lowest BCUT2D eigenvalue weighted by Crippen LogP contribution is -2.42. The molecule has 6 heteroatoms. The van der Waals surface area contributed by atoms with E-state index in [1.165, 1.54) is 19.3 Å². The lowest BCUT2D eigenvalue weighted by Gasteiger charge is -2.17. The maximum absolute atomic E-state index is 5.72. The molecule has 0 saturated heterocycles. The van der Waals surface area contributed by atoms with Gasteiger partial charge in [-0.2, -0.15) is 11.8 Å². The molecule has 1 aliphatic carbocycles. The monoisotopic (exact) mass is 350 g/mol. The number of pyridine rings is 1. The van der Waals surface area contributed by atoms with Crippen LogP contribution in [0.1, 0.15) is 45.1 Å². The van der Waals surface area contributed by atoms with E-state index in [9.17, 15) is 0 Å². The lowest BCUT2D eigenvalue weighted by atomic mass is 10.2. The number of nitrogens with one attached hydrogen (secondary N) is 2. The molecule has 2 N–H and O–H groups in total. The summed E-state index contributed by atoms with van der Waals surface area (Å²) in [6.45, 7) is 6.30. The van der Waals surface area contributed by atoms with Crippen LogP contribution in [0.15, 0.2) is 23.3 Å². The van der Waals surface area contributed by atoms with Gasteiger partial charge in [-0.05, 0) is 44.9 Å². The number of thioether (sulfide) groups is 1. The minimum absolute atomic E-state index is 0.518. The molecule has 1 aliphatic rings. The highest BCUT2D eigenvalue weighted by molar-refractivity contribution is 7.99. The molecule has 1 aromatic rings. The van der Waals surface area contributed by atoms with Crippen LogP contribution in [-0.4, -0.2) is 41.6 Å². The van der Waals surface area contributed by atoms with Gasteiger partial charge in [-0.1, -0.05) is 13.0 Å². The number of nitrogens with zero attached hydrogens (tertiary/aromatic N) is 2. The van der Waals surface area contributed by atoms with Crippen molar-refractivity contribution in [2.45, 2.75) is 57.4 Å². The minimum atomic E-state index is 0.518. The first-order valence-electron chi connectivity index (χ1n) is 8.91. The van der Waals surface area contributed by atoms with Crippen LogP contribution in [0, 0.1) is 0 Å². The Bertz CT molecular complexity index is 523. The second kappa shape index (κ2) is 10.4. The Kier molecular flexibility index (Phi) is 8.22. The van der Waals surface area contributed by atoms with E-state index in [4.69, 9.17) is 9.73 Å². The predicted octanol–water partition coefficient (Wildman–Crippen LogP) is 3.21. The third-order valence-corrected chi connectivity index (χ3v) is 5.20. The van der Waals surface area contributed by atoms with E-state index in [2.05, 4.69) is 35.7 Å². The van der Waals surface area contributed by atoms with Gasteiger partial charge in [0.05, 0.1) is 13.2 Å².